The Balaban J connectivity index is 2.06. The highest BCUT2D eigenvalue weighted by atomic mass is 16.3. The van der Waals surface area contributed by atoms with Gasteiger partial charge in [-0.25, -0.2) is 4.79 Å². The predicted octanol–water partition coefficient (Wildman–Crippen LogP) is 0.949. The highest BCUT2D eigenvalue weighted by Gasteiger charge is 2.01. The second kappa shape index (κ2) is 6.17. The number of hydrogen-bond donors (Lipinski definition) is 2. The van der Waals surface area contributed by atoms with Crippen LogP contribution in [0.15, 0.2) is 16.5 Å². The molecule has 0 saturated heterocycles. The molecule has 5 nitrogen and oxygen atoms in total. The van der Waals surface area contributed by atoms with Crippen LogP contribution in [0.4, 0.5) is 4.79 Å². The molecule has 90 valence electrons. The van der Waals surface area contributed by atoms with E-state index in [2.05, 4.69) is 10.6 Å². The number of rotatable bonds is 5. The van der Waals surface area contributed by atoms with E-state index >= 15 is 0 Å². The second-order valence-electron chi connectivity index (χ2n) is 3.82. The van der Waals surface area contributed by atoms with Gasteiger partial charge >= 0.3 is 6.03 Å². The Labute approximate surface area is 95.8 Å². The summed E-state index contributed by atoms with van der Waals surface area (Å²) < 4.78 is 5.39. The van der Waals surface area contributed by atoms with E-state index in [1.165, 1.54) is 4.90 Å². The molecule has 0 unspecified atom stereocenters. The van der Waals surface area contributed by atoms with Crippen LogP contribution in [0.5, 0.6) is 0 Å². The van der Waals surface area contributed by atoms with Crippen molar-refractivity contribution >= 4 is 6.03 Å². The van der Waals surface area contributed by atoms with E-state index in [4.69, 9.17) is 4.42 Å². The van der Waals surface area contributed by atoms with E-state index in [1.54, 1.807) is 14.1 Å². The summed E-state index contributed by atoms with van der Waals surface area (Å²) in [5.74, 6) is 1.83. The number of hydrogen-bond acceptors (Lipinski definition) is 3. The third-order valence-corrected chi connectivity index (χ3v) is 2.08. The van der Waals surface area contributed by atoms with Crippen molar-refractivity contribution in [1.29, 1.82) is 0 Å². The molecule has 0 radical (unpaired) electrons. The minimum Gasteiger partial charge on any atom is -0.465 e. The van der Waals surface area contributed by atoms with Gasteiger partial charge in [-0.3, -0.25) is 0 Å². The molecule has 1 heterocycles. The molecule has 0 aromatic carbocycles. The van der Waals surface area contributed by atoms with Crippen LogP contribution >= 0.6 is 0 Å². The molecule has 1 aromatic heterocycles. The van der Waals surface area contributed by atoms with Gasteiger partial charge < -0.3 is 20.0 Å². The molecular weight excluding hydrogens is 206 g/mol. The van der Waals surface area contributed by atoms with Gasteiger partial charge in [-0.05, 0) is 19.1 Å². The normalized spacial score (nSPS) is 10.2. The van der Waals surface area contributed by atoms with Gasteiger partial charge in [0.1, 0.15) is 11.5 Å². The van der Waals surface area contributed by atoms with Gasteiger partial charge in [0.15, 0.2) is 0 Å². The summed E-state index contributed by atoms with van der Waals surface area (Å²) >= 11 is 0. The Kier molecular flexibility index (Phi) is 4.85. The molecule has 2 N–H and O–H groups in total. The van der Waals surface area contributed by atoms with Crippen LogP contribution in [0.2, 0.25) is 0 Å². The van der Waals surface area contributed by atoms with Gasteiger partial charge in [0.2, 0.25) is 0 Å². The Bertz CT molecular complexity index is 334. The van der Waals surface area contributed by atoms with Crippen molar-refractivity contribution in [2.24, 2.45) is 0 Å². The van der Waals surface area contributed by atoms with E-state index in [9.17, 15) is 4.79 Å². The van der Waals surface area contributed by atoms with E-state index < -0.39 is 0 Å². The standard InChI is InChI=1S/C11H19N3O2/c1-9-4-5-10(16-9)8-12-6-7-13-11(15)14(2)3/h4-5,12H,6-8H2,1-3H3,(H,13,15). The second-order valence-corrected chi connectivity index (χ2v) is 3.82. The van der Waals surface area contributed by atoms with Crippen molar-refractivity contribution in [3.63, 3.8) is 0 Å². The lowest BCUT2D eigenvalue weighted by Gasteiger charge is -2.11. The van der Waals surface area contributed by atoms with E-state index in [-0.39, 0.29) is 6.03 Å². The SMILES string of the molecule is Cc1ccc(CNCCNC(=O)N(C)C)o1. The largest absolute Gasteiger partial charge is 0.465 e. The fourth-order valence-corrected chi connectivity index (χ4v) is 1.21. The topological polar surface area (TPSA) is 57.5 Å². The van der Waals surface area contributed by atoms with Crippen molar-refractivity contribution in [3.05, 3.63) is 23.7 Å². The molecule has 1 rings (SSSR count). The first kappa shape index (κ1) is 12.6. The first-order chi connectivity index (χ1) is 7.59. The number of nitrogens with one attached hydrogen (secondary N) is 2. The monoisotopic (exact) mass is 225 g/mol. The van der Waals surface area contributed by atoms with Gasteiger partial charge in [-0.1, -0.05) is 0 Å². The molecule has 1 aromatic rings. The van der Waals surface area contributed by atoms with Crippen LogP contribution in [-0.2, 0) is 6.54 Å². The fourth-order valence-electron chi connectivity index (χ4n) is 1.21. The maximum Gasteiger partial charge on any atom is 0.316 e. The van der Waals surface area contributed by atoms with Gasteiger partial charge in [-0.2, -0.15) is 0 Å². The van der Waals surface area contributed by atoms with Crippen LogP contribution in [0.25, 0.3) is 0 Å². The molecule has 16 heavy (non-hydrogen) atoms. The Hall–Kier alpha value is -1.49. The van der Waals surface area contributed by atoms with Gasteiger partial charge in [0.05, 0.1) is 6.54 Å². The lowest BCUT2D eigenvalue weighted by atomic mass is 10.4. The number of carbonyl (C=O) groups is 1. The van der Waals surface area contributed by atoms with Crippen molar-refractivity contribution in [2.75, 3.05) is 27.2 Å². The molecule has 0 aliphatic heterocycles. The minimum atomic E-state index is -0.0735. The van der Waals surface area contributed by atoms with Crippen LogP contribution in [0, 0.1) is 6.92 Å². The number of nitrogens with zero attached hydrogens (tertiary/aromatic N) is 1. The fraction of sp³-hybridized carbons (Fsp3) is 0.545. The maximum atomic E-state index is 11.1. The molecule has 2 amide bonds. The van der Waals surface area contributed by atoms with Crippen molar-refractivity contribution in [3.8, 4) is 0 Å². The number of furan rings is 1. The van der Waals surface area contributed by atoms with E-state index in [0.717, 1.165) is 18.1 Å². The Morgan fingerprint density at radius 1 is 1.38 bits per heavy atom. The van der Waals surface area contributed by atoms with Gasteiger partial charge in [0.25, 0.3) is 0 Å². The van der Waals surface area contributed by atoms with Crippen LogP contribution in [-0.4, -0.2) is 38.1 Å². The van der Waals surface area contributed by atoms with Crippen LogP contribution in [0.1, 0.15) is 11.5 Å². The molecule has 0 aliphatic carbocycles. The van der Waals surface area contributed by atoms with Gasteiger partial charge in [0, 0.05) is 27.2 Å². The molecule has 0 saturated carbocycles. The van der Waals surface area contributed by atoms with Crippen molar-refractivity contribution in [1.82, 2.24) is 15.5 Å². The summed E-state index contributed by atoms with van der Waals surface area (Å²) in [6.07, 6.45) is 0. The molecule has 0 atom stereocenters. The zero-order chi connectivity index (χ0) is 12.0. The maximum absolute atomic E-state index is 11.1. The predicted molar refractivity (Wildman–Crippen MR) is 62.2 cm³/mol. The highest BCUT2D eigenvalue weighted by molar-refractivity contribution is 5.73. The van der Waals surface area contributed by atoms with Crippen LogP contribution < -0.4 is 10.6 Å². The number of amides is 2. The summed E-state index contributed by atoms with van der Waals surface area (Å²) in [4.78, 5) is 12.7. The minimum absolute atomic E-state index is 0.0735. The highest BCUT2D eigenvalue weighted by Crippen LogP contribution is 2.04. The first-order valence-corrected chi connectivity index (χ1v) is 5.31. The molecule has 0 fully saturated rings. The van der Waals surface area contributed by atoms with Crippen molar-refractivity contribution < 1.29 is 9.21 Å². The molecular formula is C11H19N3O2. The quantitative estimate of drug-likeness (QED) is 0.733. The molecule has 0 aliphatic rings. The zero-order valence-corrected chi connectivity index (χ0v) is 10.0. The Morgan fingerprint density at radius 3 is 2.69 bits per heavy atom. The average Bonchev–Trinajstić information content (AvgIpc) is 2.63. The van der Waals surface area contributed by atoms with Crippen LogP contribution in [0.3, 0.4) is 0 Å². The lowest BCUT2D eigenvalue weighted by Crippen LogP contribution is -2.38. The van der Waals surface area contributed by atoms with Gasteiger partial charge in [-0.15, -0.1) is 0 Å². The summed E-state index contributed by atoms with van der Waals surface area (Å²) in [6.45, 7) is 3.93. The molecule has 0 bridgehead atoms. The average molecular weight is 225 g/mol. The van der Waals surface area contributed by atoms with E-state index in [1.807, 2.05) is 19.1 Å². The third kappa shape index (κ3) is 4.35. The number of carbonyl (C=O) groups excluding carboxylic acids is 1. The van der Waals surface area contributed by atoms with E-state index in [0.29, 0.717) is 13.1 Å². The smallest absolute Gasteiger partial charge is 0.316 e. The summed E-state index contributed by atoms with van der Waals surface area (Å²) in [5, 5.41) is 5.95. The zero-order valence-electron chi connectivity index (χ0n) is 10.0. The number of aryl methyl sites for hydroxylation is 1. The Morgan fingerprint density at radius 2 is 2.12 bits per heavy atom. The summed E-state index contributed by atoms with van der Waals surface area (Å²) in [6, 6.07) is 3.81. The lowest BCUT2D eigenvalue weighted by molar-refractivity contribution is 0.217. The molecule has 0 spiro atoms. The molecule has 5 heteroatoms. The summed E-state index contributed by atoms with van der Waals surface area (Å²) in [7, 11) is 3.43. The first-order valence-electron chi connectivity index (χ1n) is 5.31. The summed E-state index contributed by atoms with van der Waals surface area (Å²) in [5.41, 5.74) is 0. The third-order valence-electron chi connectivity index (χ3n) is 2.08. The number of urea groups is 1. The van der Waals surface area contributed by atoms with Crippen molar-refractivity contribution in [2.45, 2.75) is 13.5 Å².